The van der Waals surface area contributed by atoms with Crippen molar-refractivity contribution in [1.29, 1.82) is 0 Å². The molecule has 0 aliphatic rings. The van der Waals surface area contributed by atoms with Crippen LogP contribution in [0.5, 0.6) is 0 Å². The Bertz CT molecular complexity index is 1100. The quantitative estimate of drug-likeness (QED) is 0.622. The maximum absolute atomic E-state index is 12.4. The third-order valence-corrected chi connectivity index (χ3v) is 3.79. The van der Waals surface area contributed by atoms with Crippen LogP contribution in [0, 0.1) is 0 Å². The van der Waals surface area contributed by atoms with Gasteiger partial charge in [-0.1, -0.05) is 12.1 Å². The number of nitrogens with one attached hydrogen (secondary N) is 1. The molecule has 0 aliphatic carbocycles. The summed E-state index contributed by atoms with van der Waals surface area (Å²) in [5.41, 5.74) is 4.08. The van der Waals surface area contributed by atoms with Crippen molar-refractivity contribution >= 4 is 16.8 Å². The van der Waals surface area contributed by atoms with Gasteiger partial charge in [0.1, 0.15) is 6.33 Å². The van der Waals surface area contributed by atoms with E-state index in [1.54, 1.807) is 59.4 Å². The van der Waals surface area contributed by atoms with Crippen molar-refractivity contribution in [3.8, 4) is 5.69 Å². The van der Waals surface area contributed by atoms with E-state index in [0.29, 0.717) is 16.5 Å². The minimum atomic E-state index is -0.397. The molecule has 25 heavy (non-hydrogen) atoms. The van der Waals surface area contributed by atoms with Crippen molar-refractivity contribution in [1.82, 2.24) is 19.4 Å². The molecule has 2 heterocycles. The van der Waals surface area contributed by atoms with E-state index in [4.69, 9.17) is 0 Å². The number of rotatable bonds is 3. The van der Waals surface area contributed by atoms with E-state index in [0.717, 1.165) is 10.4 Å². The van der Waals surface area contributed by atoms with E-state index in [9.17, 15) is 9.59 Å². The Morgan fingerprint density at radius 2 is 1.80 bits per heavy atom. The van der Waals surface area contributed by atoms with Crippen molar-refractivity contribution in [2.45, 2.75) is 0 Å². The first-order chi connectivity index (χ1) is 12.2. The number of carbonyl (C=O) groups excluding carboxylic acids is 1. The lowest BCUT2D eigenvalue weighted by Crippen LogP contribution is -2.33. The zero-order chi connectivity index (χ0) is 17.2. The molecule has 2 aromatic heterocycles. The molecule has 0 unspecified atom stereocenters. The number of para-hydroxylation sites is 1. The average Bonchev–Trinajstić information content (AvgIpc) is 3.19. The van der Waals surface area contributed by atoms with Gasteiger partial charge in [0.2, 0.25) is 0 Å². The number of carbonyl (C=O) groups is 1. The lowest BCUT2D eigenvalue weighted by atomic mass is 10.2. The molecule has 0 spiro atoms. The molecule has 0 saturated heterocycles. The van der Waals surface area contributed by atoms with Crippen molar-refractivity contribution in [3.63, 3.8) is 0 Å². The predicted molar refractivity (Wildman–Crippen MR) is 93.3 cm³/mol. The first-order valence-electron chi connectivity index (χ1n) is 7.60. The summed E-state index contributed by atoms with van der Waals surface area (Å²) in [6.07, 6.45) is 4.80. The second kappa shape index (κ2) is 6.04. The first kappa shape index (κ1) is 14.8. The summed E-state index contributed by atoms with van der Waals surface area (Å²) in [4.78, 5) is 29.0. The normalized spacial score (nSPS) is 10.7. The van der Waals surface area contributed by atoms with E-state index in [1.807, 2.05) is 12.3 Å². The van der Waals surface area contributed by atoms with Crippen LogP contribution in [0.25, 0.3) is 16.6 Å². The molecule has 0 bridgehead atoms. The lowest BCUT2D eigenvalue weighted by molar-refractivity contribution is 0.101. The van der Waals surface area contributed by atoms with E-state index in [-0.39, 0.29) is 5.56 Å². The molecule has 0 saturated carbocycles. The fourth-order valence-corrected chi connectivity index (χ4v) is 2.51. The number of aromatic nitrogens is 4. The van der Waals surface area contributed by atoms with Crippen LogP contribution in [0.15, 0.2) is 78.1 Å². The summed E-state index contributed by atoms with van der Waals surface area (Å²) in [5.74, 6) is -0.397. The fraction of sp³-hybridized carbons (Fsp3) is 0. The highest BCUT2D eigenvalue weighted by Crippen LogP contribution is 2.09. The van der Waals surface area contributed by atoms with Gasteiger partial charge in [-0.15, -0.1) is 0 Å². The lowest BCUT2D eigenvalue weighted by Gasteiger charge is -2.09. The molecular weight excluding hydrogens is 318 g/mol. The van der Waals surface area contributed by atoms with Crippen molar-refractivity contribution < 1.29 is 4.79 Å². The van der Waals surface area contributed by atoms with Gasteiger partial charge < -0.3 is 0 Å². The third kappa shape index (κ3) is 2.78. The Labute approximate surface area is 142 Å². The summed E-state index contributed by atoms with van der Waals surface area (Å²) in [7, 11) is 0. The van der Waals surface area contributed by atoms with E-state index >= 15 is 0 Å². The SMILES string of the molecule is O=C(Nn1cnc2ccccc2c1=O)c1ccc(-n2cccn2)cc1. The van der Waals surface area contributed by atoms with Crippen LogP contribution in [-0.4, -0.2) is 25.3 Å². The number of nitrogens with zero attached hydrogens (tertiary/aromatic N) is 4. The molecule has 4 aromatic rings. The minimum absolute atomic E-state index is 0.327. The number of fused-ring (bicyclic) bond motifs is 1. The molecule has 0 fully saturated rings. The van der Waals surface area contributed by atoms with Crippen LogP contribution >= 0.6 is 0 Å². The van der Waals surface area contributed by atoms with Gasteiger partial charge in [-0.05, 0) is 42.5 Å². The van der Waals surface area contributed by atoms with Gasteiger partial charge in [-0.25, -0.2) is 14.3 Å². The van der Waals surface area contributed by atoms with Crippen LogP contribution in [0.3, 0.4) is 0 Å². The number of hydrogen-bond donors (Lipinski definition) is 1. The predicted octanol–water partition coefficient (Wildman–Crippen LogP) is 1.97. The van der Waals surface area contributed by atoms with Gasteiger partial charge in [0.05, 0.1) is 16.6 Å². The van der Waals surface area contributed by atoms with Crippen LogP contribution in [0.4, 0.5) is 0 Å². The van der Waals surface area contributed by atoms with Gasteiger partial charge >= 0.3 is 0 Å². The molecule has 1 amide bonds. The molecular formula is C18H13N5O2. The molecule has 1 N–H and O–H groups in total. The molecule has 122 valence electrons. The Kier molecular flexibility index (Phi) is 3.59. The van der Waals surface area contributed by atoms with Crippen LogP contribution < -0.4 is 11.0 Å². The standard InChI is InChI=1S/C18H13N5O2/c24-17(13-6-8-14(9-7-13)22-11-3-10-20-22)21-23-12-19-16-5-2-1-4-15(16)18(23)25/h1-12H,(H,21,24). The maximum atomic E-state index is 12.4. The smallest absolute Gasteiger partial charge is 0.267 e. The Hall–Kier alpha value is -3.74. The van der Waals surface area contributed by atoms with Gasteiger partial charge in [-0.3, -0.25) is 15.0 Å². The second-order valence-corrected chi connectivity index (χ2v) is 5.38. The van der Waals surface area contributed by atoms with Crippen LogP contribution in [0.2, 0.25) is 0 Å². The molecule has 0 aliphatic heterocycles. The van der Waals surface area contributed by atoms with Gasteiger partial charge in [0.25, 0.3) is 11.5 Å². The molecule has 4 rings (SSSR count). The van der Waals surface area contributed by atoms with Crippen molar-refractivity contribution in [2.24, 2.45) is 0 Å². The van der Waals surface area contributed by atoms with Gasteiger partial charge in [0, 0.05) is 18.0 Å². The molecule has 7 nitrogen and oxygen atoms in total. The Morgan fingerprint density at radius 1 is 1.00 bits per heavy atom. The minimum Gasteiger partial charge on any atom is -0.267 e. The summed E-state index contributed by atoms with van der Waals surface area (Å²) >= 11 is 0. The highest BCUT2D eigenvalue weighted by Gasteiger charge is 2.09. The summed E-state index contributed by atoms with van der Waals surface area (Å²) < 4.78 is 2.78. The fourth-order valence-electron chi connectivity index (χ4n) is 2.51. The average molecular weight is 331 g/mol. The van der Waals surface area contributed by atoms with Crippen LogP contribution in [-0.2, 0) is 0 Å². The monoisotopic (exact) mass is 331 g/mol. The van der Waals surface area contributed by atoms with Gasteiger partial charge in [0.15, 0.2) is 0 Å². The zero-order valence-electron chi connectivity index (χ0n) is 13.0. The van der Waals surface area contributed by atoms with Gasteiger partial charge in [-0.2, -0.15) is 5.10 Å². The molecule has 7 heteroatoms. The van der Waals surface area contributed by atoms with E-state index < -0.39 is 5.91 Å². The van der Waals surface area contributed by atoms with Crippen molar-refractivity contribution in [3.05, 3.63) is 89.2 Å². The van der Waals surface area contributed by atoms with Crippen molar-refractivity contribution in [2.75, 3.05) is 5.43 Å². The maximum Gasteiger partial charge on any atom is 0.280 e. The highest BCUT2D eigenvalue weighted by atomic mass is 16.2. The number of amides is 1. The third-order valence-electron chi connectivity index (χ3n) is 3.79. The number of hydrogen-bond acceptors (Lipinski definition) is 4. The number of benzene rings is 2. The first-order valence-corrected chi connectivity index (χ1v) is 7.60. The second-order valence-electron chi connectivity index (χ2n) is 5.38. The molecule has 0 radical (unpaired) electrons. The molecule has 0 atom stereocenters. The largest absolute Gasteiger partial charge is 0.280 e. The topological polar surface area (TPSA) is 81.8 Å². The highest BCUT2D eigenvalue weighted by molar-refractivity contribution is 6.00. The summed E-state index contributed by atoms with van der Waals surface area (Å²) in [6.45, 7) is 0. The molecule has 2 aromatic carbocycles. The summed E-state index contributed by atoms with van der Waals surface area (Å²) in [6, 6.07) is 15.7. The van der Waals surface area contributed by atoms with Crippen LogP contribution in [0.1, 0.15) is 10.4 Å². The Morgan fingerprint density at radius 3 is 2.56 bits per heavy atom. The zero-order valence-corrected chi connectivity index (χ0v) is 13.0. The Balaban J connectivity index is 1.60. The summed E-state index contributed by atoms with van der Waals surface area (Å²) in [5, 5.41) is 4.58. The van der Waals surface area contributed by atoms with E-state index in [1.165, 1.54) is 6.33 Å². The van der Waals surface area contributed by atoms with E-state index in [2.05, 4.69) is 15.5 Å².